The molecular formula is C11H18N4O. The Morgan fingerprint density at radius 3 is 2.94 bits per heavy atom. The number of imidazole rings is 1. The molecule has 1 aliphatic heterocycles. The Labute approximate surface area is 95.2 Å². The second-order valence-electron chi connectivity index (χ2n) is 4.36. The molecule has 5 heteroatoms. The summed E-state index contributed by atoms with van der Waals surface area (Å²) in [6, 6.07) is -0.178. The van der Waals surface area contributed by atoms with E-state index in [4.69, 9.17) is 5.73 Å². The lowest BCUT2D eigenvalue weighted by Crippen LogP contribution is -2.33. The standard InChI is InChI=1S/C11H18N4O/c1-3-4-15-10(16)5-8(12)11(15)9-6-14(2)7-13-9/h6-8,11H,3-5,12H2,1-2H3/t8-,11-/m0/s1. The zero-order valence-corrected chi connectivity index (χ0v) is 9.76. The minimum atomic E-state index is -0.131. The van der Waals surface area contributed by atoms with Crippen molar-refractivity contribution in [2.24, 2.45) is 12.8 Å². The predicted molar refractivity (Wildman–Crippen MR) is 60.5 cm³/mol. The van der Waals surface area contributed by atoms with Crippen molar-refractivity contribution in [3.05, 3.63) is 18.2 Å². The van der Waals surface area contributed by atoms with Crippen LogP contribution in [0.25, 0.3) is 0 Å². The first kappa shape index (κ1) is 11.1. The third kappa shape index (κ3) is 1.82. The van der Waals surface area contributed by atoms with Gasteiger partial charge < -0.3 is 15.2 Å². The van der Waals surface area contributed by atoms with Gasteiger partial charge in [-0.15, -0.1) is 0 Å². The average molecular weight is 222 g/mol. The van der Waals surface area contributed by atoms with Gasteiger partial charge in [0.1, 0.15) is 0 Å². The summed E-state index contributed by atoms with van der Waals surface area (Å²) < 4.78 is 1.88. The van der Waals surface area contributed by atoms with Crippen LogP contribution in [0.4, 0.5) is 0 Å². The maximum absolute atomic E-state index is 11.8. The molecular weight excluding hydrogens is 204 g/mol. The lowest BCUT2D eigenvalue weighted by molar-refractivity contribution is -0.129. The van der Waals surface area contributed by atoms with Crippen molar-refractivity contribution < 1.29 is 4.79 Å². The minimum Gasteiger partial charge on any atom is -0.340 e. The van der Waals surface area contributed by atoms with E-state index in [0.717, 1.165) is 18.7 Å². The number of carbonyl (C=O) groups is 1. The van der Waals surface area contributed by atoms with E-state index in [0.29, 0.717) is 6.42 Å². The second-order valence-corrected chi connectivity index (χ2v) is 4.36. The molecule has 1 aromatic rings. The van der Waals surface area contributed by atoms with Gasteiger partial charge in [0.25, 0.3) is 0 Å². The van der Waals surface area contributed by atoms with Crippen LogP contribution in [-0.4, -0.2) is 32.9 Å². The molecule has 0 radical (unpaired) electrons. The Kier molecular flexibility index (Phi) is 2.96. The third-order valence-corrected chi connectivity index (χ3v) is 2.96. The Morgan fingerprint density at radius 2 is 2.38 bits per heavy atom. The van der Waals surface area contributed by atoms with Gasteiger partial charge in [-0.2, -0.15) is 0 Å². The summed E-state index contributed by atoms with van der Waals surface area (Å²) in [5, 5.41) is 0. The van der Waals surface area contributed by atoms with Crippen LogP contribution in [0, 0.1) is 0 Å². The Bertz CT molecular complexity index is 387. The van der Waals surface area contributed by atoms with E-state index in [-0.39, 0.29) is 18.0 Å². The van der Waals surface area contributed by atoms with Crippen LogP contribution >= 0.6 is 0 Å². The van der Waals surface area contributed by atoms with Gasteiger partial charge in [0, 0.05) is 32.3 Å². The Morgan fingerprint density at radius 1 is 1.62 bits per heavy atom. The highest BCUT2D eigenvalue weighted by Gasteiger charge is 2.39. The van der Waals surface area contributed by atoms with Crippen molar-refractivity contribution in [2.45, 2.75) is 31.8 Å². The van der Waals surface area contributed by atoms with E-state index in [1.165, 1.54) is 0 Å². The lowest BCUT2D eigenvalue weighted by atomic mass is 10.1. The normalized spacial score (nSPS) is 25.4. The zero-order valence-electron chi connectivity index (χ0n) is 9.76. The number of amides is 1. The minimum absolute atomic E-state index is 0.0475. The number of nitrogens with two attached hydrogens (primary N) is 1. The third-order valence-electron chi connectivity index (χ3n) is 2.96. The fourth-order valence-electron chi connectivity index (χ4n) is 2.29. The Balaban J connectivity index is 2.26. The van der Waals surface area contributed by atoms with Crippen LogP contribution < -0.4 is 5.73 Å². The van der Waals surface area contributed by atoms with E-state index in [1.54, 1.807) is 6.33 Å². The zero-order chi connectivity index (χ0) is 11.7. The fraction of sp³-hybridized carbons (Fsp3) is 0.636. The van der Waals surface area contributed by atoms with E-state index < -0.39 is 0 Å². The van der Waals surface area contributed by atoms with Gasteiger partial charge in [-0.1, -0.05) is 6.92 Å². The maximum atomic E-state index is 11.8. The number of hydrogen-bond donors (Lipinski definition) is 1. The summed E-state index contributed by atoms with van der Waals surface area (Å²) in [6.07, 6.45) is 5.06. The van der Waals surface area contributed by atoms with Gasteiger partial charge in [0.2, 0.25) is 5.91 Å². The number of nitrogens with zero attached hydrogens (tertiary/aromatic N) is 3. The maximum Gasteiger partial charge on any atom is 0.224 e. The van der Waals surface area contributed by atoms with Gasteiger partial charge in [-0.05, 0) is 6.42 Å². The van der Waals surface area contributed by atoms with Crippen LogP contribution in [0.2, 0.25) is 0 Å². The van der Waals surface area contributed by atoms with Gasteiger partial charge in [-0.3, -0.25) is 4.79 Å². The van der Waals surface area contributed by atoms with Crippen LogP contribution in [0.3, 0.4) is 0 Å². The van der Waals surface area contributed by atoms with Crippen molar-refractivity contribution in [3.63, 3.8) is 0 Å². The van der Waals surface area contributed by atoms with Gasteiger partial charge in [0.15, 0.2) is 0 Å². The van der Waals surface area contributed by atoms with Crippen LogP contribution in [0.5, 0.6) is 0 Å². The molecule has 1 amide bonds. The average Bonchev–Trinajstić information content (AvgIpc) is 2.73. The highest BCUT2D eigenvalue weighted by Crippen LogP contribution is 2.30. The van der Waals surface area contributed by atoms with Gasteiger partial charge >= 0.3 is 0 Å². The van der Waals surface area contributed by atoms with Crippen molar-refractivity contribution in [1.29, 1.82) is 0 Å². The lowest BCUT2D eigenvalue weighted by Gasteiger charge is -2.24. The number of likely N-dealkylation sites (tertiary alicyclic amines) is 1. The molecule has 2 heterocycles. The molecule has 5 nitrogen and oxygen atoms in total. The molecule has 2 atom stereocenters. The molecule has 1 saturated heterocycles. The SMILES string of the molecule is CCCN1C(=O)C[C@H](N)[C@H]1c1cn(C)cn1. The molecule has 0 bridgehead atoms. The fourth-order valence-corrected chi connectivity index (χ4v) is 2.29. The smallest absolute Gasteiger partial charge is 0.224 e. The first-order valence-corrected chi connectivity index (χ1v) is 5.66. The van der Waals surface area contributed by atoms with Crippen LogP contribution in [-0.2, 0) is 11.8 Å². The molecule has 2 N–H and O–H groups in total. The molecule has 0 unspecified atom stereocenters. The summed E-state index contributed by atoms with van der Waals surface area (Å²) in [5.41, 5.74) is 6.92. The van der Waals surface area contributed by atoms with Crippen LogP contribution in [0.1, 0.15) is 31.5 Å². The first-order chi connectivity index (χ1) is 7.63. The summed E-state index contributed by atoms with van der Waals surface area (Å²) in [7, 11) is 1.92. The highest BCUT2D eigenvalue weighted by molar-refractivity contribution is 5.80. The molecule has 0 aromatic carbocycles. The molecule has 0 saturated carbocycles. The summed E-state index contributed by atoms with van der Waals surface area (Å²) >= 11 is 0. The molecule has 1 aromatic heterocycles. The molecule has 0 spiro atoms. The number of rotatable bonds is 3. The summed E-state index contributed by atoms with van der Waals surface area (Å²) in [6.45, 7) is 2.82. The second kappa shape index (κ2) is 4.25. The van der Waals surface area contributed by atoms with E-state index in [2.05, 4.69) is 11.9 Å². The molecule has 1 fully saturated rings. The molecule has 1 aliphatic rings. The number of carbonyl (C=O) groups excluding carboxylic acids is 1. The monoisotopic (exact) mass is 222 g/mol. The van der Waals surface area contributed by atoms with Crippen molar-refractivity contribution in [2.75, 3.05) is 6.54 Å². The van der Waals surface area contributed by atoms with Crippen molar-refractivity contribution >= 4 is 5.91 Å². The quantitative estimate of drug-likeness (QED) is 0.806. The van der Waals surface area contributed by atoms with Crippen molar-refractivity contribution in [3.8, 4) is 0 Å². The predicted octanol–water partition coefficient (Wildman–Crippen LogP) is 0.431. The topological polar surface area (TPSA) is 64.2 Å². The van der Waals surface area contributed by atoms with E-state index in [1.807, 2.05) is 22.7 Å². The van der Waals surface area contributed by atoms with Crippen molar-refractivity contribution in [1.82, 2.24) is 14.5 Å². The van der Waals surface area contributed by atoms with E-state index >= 15 is 0 Å². The van der Waals surface area contributed by atoms with Crippen LogP contribution in [0.15, 0.2) is 12.5 Å². The molecule has 2 rings (SSSR count). The van der Waals surface area contributed by atoms with Gasteiger partial charge in [0.05, 0.1) is 18.1 Å². The highest BCUT2D eigenvalue weighted by atomic mass is 16.2. The number of aromatic nitrogens is 2. The Hall–Kier alpha value is -1.36. The summed E-state index contributed by atoms with van der Waals surface area (Å²) in [5.74, 6) is 0.144. The molecule has 88 valence electrons. The number of hydrogen-bond acceptors (Lipinski definition) is 3. The van der Waals surface area contributed by atoms with E-state index in [9.17, 15) is 4.79 Å². The number of aryl methyl sites for hydroxylation is 1. The molecule has 0 aliphatic carbocycles. The summed E-state index contributed by atoms with van der Waals surface area (Å²) in [4.78, 5) is 17.9. The first-order valence-electron chi connectivity index (χ1n) is 5.66. The molecule has 16 heavy (non-hydrogen) atoms. The van der Waals surface area contributed by atoms with Gasteiger partial charge in [-0.25, -0.2) is 4.98 Å². The largest absolute Gasteiger partial charge is 0.340 e.